The number of carbonyl (C=O) groups is 1. The van der Waals surface area contributed by atoms with Crippen molar-refractivity contribution in [3.63, 3.8) is 0 Å². The van der Waals surface area contributed by atoms with Crippen LogP contribution in [0, 0.1) is 31.1 Å². The van der Waals surface area contributed by atoms with E-state index in [2.05, 4.69) is 13.5 Å². The van der Waals surface area contributed by atoms with Crippen molar-refractivity contribution in [2.75, 3.05) is 0 Å². The highest BCUT2D eigenvalue weighted by molar-refractivity contribution is 6.14. The predicted molar refractivity (Wildman–Crippen MR) is 97.3 cm³/mol. The number of nitriles is 1. The van der Waals surface area contributed by atoms with Gasteiger partial charge in [-0.2, -0.15) is 5.26 Å². The van der Waals surface area contributed by atoms with E-state index in [0.29, 0.717) is 29.7 Å². The maximum atomic E-state index is 12.8. The van der Waals surface area contributed by atoms with Gasteiger partial charge in [0.05, 0.1) is 0 Å². The summed E-state index contributed by atoms with van der Waals surface area (Å²) in [4.78, 5) is 12.8. The molecule has 0 radical (unpaired) electrons. The summed E-state index contributed by atoms with van der Waals surface area (Å²) in [5.41, 5.74) is 2.45. The lowest BCUT2D eigenvalue weighted by atomic mass is 10.0. The normalized spacial score (nSPS) is 19.5. The third-order valence-corrected chi connectivity index (χ3v) is 4.90. The first-order valence-electron chi connectivity index (χ1n) is 8.50. The van der Waals surface area contributed by atoms with Gasteiger partial charge < -0.3 is 8.98 Å². The van der Waals surface area contributed by atoms with Gasteiger partial charge >= 0.3 is 0 Å². The maximum Gasteiger partial charge on any atom is 0.205 e. The molecule has 2 heterocycles. The number of nitrogens with zero attached hydrogens (tertiary/aromatic N) is 2. The van der Waals surface area contributed by atoms with E-state index in [1.807, 2.05) is 42.7 Å². The molecule has 0 saturated heterocycles. The molecule has 4 nitrogen and oxygen atoms in total. The van der Waals surface area contributed by atoms with Crippen LogP contribution >= 0.6 is 0 Å². The van der Waals surface area contributed by atoms with Crippen LogP contribution in [0.25, 0.3) is 6.08 Å². The zero-order valence-electron chi connectivity index (χ0n) is 14.9. The van der Waals surface area contributed by atoms with Crippen molar-refractivity contribution in [1.82, 2.24) is 4.57 Å². The lowest BCUT2D eigenvalue weighted by Crippen LogP contribution is -2.05. The topological polar surface area (TPSA) is 58.9 Å². The van der Waals surface area contributed by atoms with Crippen molar-refractivity contribution in [2.45, 2.75) is 39.7 Å². The molecule has 128 valence electrons. The van der Waals surface area contributed by atoms with Gasteiger partial charge in [-0.25, -0.2) is 0 Å². The summed E-state index contributed by atoms with van der Waals surface area (Å²) in [7, 11) is 0. The number of furan rings is 1. The number of allylic oxidation sites excluding steroid dienone is 2. The molecule has 1 aliphatic carbocycles. The van der Waals surface area contributed by atoms with E-state index in [1.165, 1.54) is 0 Å². The van der Waals surface area contributed by atoms with E-state index < -0.39 is 0 Å². The number of hydrogen-bond donors (Lipinski definition) is 0. The summed E-state index contributed by atoms with van der Waals surface area (Å²) in [5, 5.41) is 9.46. The summed E-state index contributed by atoms with van der Waals surface area (Å²) >= 11 is 0. The molecule has 0 amide bonds. The third kappa shape index (κ3) is 3.23. The molecule has 0 N–H and O–H groups in total. The molecule has 0 unspecified atom stereocenters. The Bertz CT molecular complexity index is 905. The van der Waals surface area contributed by atoms with Crippen molar-refractivity contribution in [3.8, 4) is 6.07 Å². The van der Waals surface area contributed by atoms with Gasteiger partial charge in [0, 0.05) is 35.5 Å². The molecule has 1 aliphatic rings. The minimum atomic E-state index is -0.274. The molecule has 0 aromatic carbocycles. The van der Waals surface area contributed by atoms with Crippen LogP contribution in [0.1, 0.15) is 52.5 Å². The van der Waals surface area contributed by atoms with Crippen molar-refractivity contribution in [1.29, 1.82) is 5.26 Å². The molecule has 1 saturated carbocycles. The van der Waals surface area contributed by atoms with E-state index in [0.717, 1.165) is 23.6 Å². The zero-order chi connectivity index (χ0) is 18.1. The van der Waals surface area contributed by atoms with Gasteiger partial charge in [-0.1, -0.05) is 13.0 Å². The SMILES string of the molecule is C=CCn1c(C)cc(C(=O)/C(C#N)=C/c2ccc([C@@H]3C[C@@H]3C)o2)c1C. The molecule has 2 atom stereocenters. The Balaban J connectivity index is 1.89. The number of hydrogen-bond acceptors (Lipinski definition) is 3. The molecule has 4 heteroatoms. The van der Waals surface area contributed by atoms with Crippen molar-refractivity contribution in [3.05, 3.63) is 64.9 Å². The third-order valence-electron chi connectivity index (χ3n) is 4.90. The molecule has 3 rings (SSSR count). The molecule has 0 bridgehead atoms. The summed E-state index contributed by atoms with van der Waals surface area (Å²) in [6.45, 7) is 10.4. The van der Waals surface area contributed by atoms with E-state index in [-0.39, 0.29) is 11.4 Å². The van der Waals surface area contributed by atoms with Gasteiger partial charge in [-0.15, -0.1) is 6.58 Å². The fourth-order valence-electron chi connectivity index (χ4n) is 3.24. The van der Waals surface area contributed by atoms with Crippen LogP contribution in [0.3, 0.4) is 0 Å². The molecule has 2 aromatic heterocycles. The van der Waals surface area contributed by atoms with Crippen LogP contribution in [0.5, 0.6) is 0 Å². The smallest absolute Gasteiger partial charge is 0.205 e. The largest absolute Gasteiger partial charge is 0.461 e. The standard InChI is InChI=1S/C21H22N2O2/c1-5-8-23-14(3)10-19(15(23)4)21(24)16(12-22)11-17-6-7-20(25-17)18-9-13(18)2/h5-7,10-11,13,18H,1,8-9H2,2-4H3/b16-11+/t13-,18+/m0/s1. The molecule has 2 aromatic rings. The van der Waals surface area contributed by atoms with Gasteiger partial charge in [0.25, 0.3) is 0 Å². The monoisotopic (exact) mass is 334 g/mol. The van der Waals surface area contributed by atoms with Crippen LogP contribution in [0.4, 0.5) is 0 Å². The lowest BCUT2D eigenvalue weighted by molar-refractivity contribution is 0.103. The lowest BCUT2D eigenvalue weighted by Gasteiger charge is -2.05. The average Bonchev–Trinajstić information content (AvgIpc) is 3.03. The number of aromatic nitrogens is 1. The van der Waals surface area contributed by atoms with E-state index in [9.17, 15) is 10.1 Å². The van der Waals surface area contributed by atoms with Gasteiger partial charge in [-0.3, -0.25) is 4.79 Å². The summed E-state index contributed by atoms with van der Waals surface area (Å²) in [6.07, 6.45) is 4.47. The van der Waals surface area contributed by atoms with Crippen LogP contribution < -0.4 is 0 Å². The average molecular weight is 334 g/mol. The number of rotatable bonds is 6. The Morgan fingerprint density at radius 1 is 1.48 bits per heavy atom. The summed E-state index contributed by atoms with van der Waals surface area (Å²) < 4.78 is 7.80. The Kier molecular flexibility index (Phi) is 4.50. The summed E-state index contributed by atoms with van der Waals surface area (Å²) in [6, 6.07) is 7.61. The van der Waals surface area contributed by atoms with Gasteiger partial charge in [0.1, 0.15) is 23.2 Å². The second-order valence-corrected chi connectivity index (χ2v) is 6.74. The number of aryl methyl sites for hydroxylation is 1. The van der Waals surface area contributed by atoms with Crippen LogP contribution in [0.2, 0.25) is 0 Å². The van der Waals surface area contributed by atoms with E-state index in [4.69, 9.17) is 4.42 Å². The molecule has 0 spiro atoms. The number of Topliss-reactive ketones (excluding diaryl/α,β-unsaturated/α-hetero) is 1. The van der Waals surface area contributed by atoms with E-state index in [1.54, 1.807) is 12.2 Å². The summed E-state index contributed by atoms with van der Waals surface area (Å²) in [5.74, 6) is 2.34. The second kappa shape index (κ2) is 6.60. The Labute approximate surface area is 148 Å². The number of carbonyl (C=O) groups excluding carboxylic acids is 1. The second-order valence-electron chi connectivity index (χ2n) is 6.74. The zero-order valence-corrected chi connectivity index (χ0v) is 14.9. The molecule has 1 fully saturated rings. The highest BCUT2D eigenvalue weighted by Crippen LogP contribution is 2.47. The van der Waals surface area contributed by atoms with Crippen molar-refractivity contribution < 1.29 is 9.21 Å². The molecule has 0 aliphatic heterocycles. The Morgan fingerprint density at radius 3 is 2.80 bits per heavy atom. The van der Waals surface area contributed by atoms with Gasteiger partial charge in [0.15, 0.2) is 0 Å². The first kappa shape index (κ1) is 17.0. The molecular weight excluding hydrogens is 312 g/mol. The van der Waals surface area contributed by atoms with E-state index >= 15 is 0 Å². The minimum Gasteiger partial charge on any atom is -0.461 e. The van der Waals surface area contributed by atoms with Crippen LogP contribution in [-0.4, -0.2) is 10.4 Å². The van der Waals surface area contributed by atoms with Gasteiger partial charge in [-0.05, 0) is 44.4 Å². The van der Waals surface area contributed by atoms with Gasteiger partial charge in [0.2, 0.25) is 5.78 Å². The van der Waals surface area contributed by atoms with Crippen molar-refractivity contribution >= 4 is 11.9 Å². The quantitative estimate of drug-likeness (QED) is 0.330. The highest BCUT2D eigenvalue weighted by Gasteiger charge is 2.36. The fourth-order valence-corrected chi connectivity index (χ4v) is 3.24. The highest BCUT2D eigenvalue weighted by atomic mass is 16.3. The fraction of sp³-hybridized carbons (Fsp3) is 0.333. The first-order chi connectivity index (χ1) is 12.0. The van der Waals surface area contributed by atoms with Crippen molar-refractivity contribution in [2.24, 2.45) is 5.92 Å². The van der Waals surface area contributed by atoms with Crippen LogP contribution in [-0.2, 0) is 6.54 Å². The Morgan fingerprint density at radius 2 is 2.20 bits per heavy atom. The first-order valence-corrected chi connectivity index (χ1v) is 8.50. The minimum absolute atomic E-state index is 0.0867. The maximum absolute atomic E-state index is 12.8. The molecule has 25 heavy (non-hydrogen) atoms. The molecular formula is C21H22N2O2. The predicted octanol–water partition coefficient (Wildman–Crippen LogP) is 4.80. The van der Waals surface area contributed by atoms with Crippen LogP contribution in [0.15, 0.2) is 40.8 Å². The Hall–Kier alpha value is -2.80. The number of ketones is 1.